The van der Waals surface area contributed by atoms with Gasteiger partial charge in [0.1, 0.15) is 11.9 Å². The Kier molecular flexibility index (Phi) is 7.20. The van der Waals surface area contributed by atoms with Crippen molar-refractivity contribution >= 4 is 18.3 Å². The molecule has 2 aromatic carbocycles. The van der Waals surface area contributed by atoms with E-state index in [2.05, 4.69) is 0 Å². The Bertz CT molecular complexity index is 646. The summed E-state index contributed by atoms with van der Waals surface area (Å²) in [6.07, 6.45) is 0. The second kappa shape index (κ2) is 8.65. The Morgan fingerprint density at radius 2 is 1.87 bits per heavy atom. The third kappa shape index (κ3) is 5.05. The molecule has 0 saturated carbocycles. The minimum atomic E-state index is -0.700. The number of carbonyl (C=O) groups is 1. The summed E-state index contributed by atoms with van der Waals surface area (Å²) in [5.41, 5.74) is 8.75. The molecule has 0 bridgehead atoms. The third-order valence-electron chi connectivity index (χ3n) is 3.66. The van der Waals surface area contributed by atoms with Crippen LogP contribution in [0, 0.1) is 12.7 Å². The van der Waals surface area contributed by atoms with Crippen molar-refractivity contribution in [3.8, 4) is 0 Å². The van der Waals surface area contributed by atoms with E-state index in [0.717, 1.165) is 16.7 Å². The maximum atomic E-state index is 13.3. The van der Waals surface area contributed by atoms with Gasteiger partial charge in [0.05, 0.1) is 0 Å². The molecular formula is C18H22ClFN2O. The molecule has 1 unspecified atom stereocenters. The van der Waals surface area contributed by atoms with Crippen molar-refractivity contribution in [1.29, 1.82) is 0 Å². The predicted molar refractivity (Wildman–Crippen MR) is 92.8 cm³/mol. The first-order chi connectivity index (χ1) is 10.5. The monoisotopic (exact) mass is 336 g/mol. The molecular weight excluding hydrogens is 315 g/mol. The van der Waals surface area contributed by atoms with Gasteiger partial charge in [-0.15, -0.1) is 12.4 Å². The zero-order valence-corrected chi connectivity index (χ0v) is 14.1. The Balaban J connectivity index is 0.00000264. The third-order valence-corrected chi connectivity index (χ3v) is 3.66. The van der Waals surface area contributed by atoms with Gasteiger partial charge in [0.2, 0.25) is 5.91 Å². The number of aryl methyl sites for hydroxylation is 1. The fourth-order valence-electron chi connectivity index (χ4n) is 2.31. The Hall–Kier alpha value is -1.91. The maximum absolute atomic E-state index is 13.3. The highest BCUT2D eigenvalue weighted by Gasteiger charge is 2.21. The number of rotatable bonds is 5. The first-order valence-corrected chi connectivity index (χ1v) is 7.36. The molecule has 3 nitrogen and oxygen atoms in total. The van der Waals surface area contributed by atoms with Gasteiger partial charge < -0.3 is 10.6 Å². The summed E-state index contributed by atoms with van der Waals surface area (Å²) in [4.78, 5) is 14.2. The van der Waals surface area contributed by atoms with Gasteiger partial charge in [0.15, 0.2) is 0 Å². The van der Waals surface area contributed by atoms with E-state index >= 15 is 0 Å². The van der Waals surface area contributed by atoms with E-state index in [1.165, 1.54) is 12.1 Å². The number of nitrogens with two attached hydrogens (primary N) is 1. The molecule has 0 aliphatic carbocycles. The number of benzene rings is 2. The lowest BCUT2D eigenvalue weighted by molar-refractivity contribution is -0.133. The lowest BCUT2D eigenvalue weighted by Crippen LogP contribution is -2.38. The molecule has 23 heavy (non-hydrogen) atoms. The summed E-state index contributed by atoms with van der Waals surface area (Å²) >= 11 is 0. The molecule has 0 fully saturated rings. The molecule has 2 N–H and O–H groups in total. The summed E-state index contributed by atoms with van der Waals surface area (Å²) in [6, 6.07) is 13.2. The van der Waals surface area contributed by atoms with Gasteiger partial charge in [-0.1, -0.05) is 42.0 Å². The van der Waals surface area contributed by atoms with Crippen LogP contribution in [0.1, 0.15) is 29.7 Å². The minimum Gasteiger partial charge on any atom is -0.337 e. The van der Waals surface area contributed by atoms with Gasteiger partial charge in [-0.25, -0.2) is 4.39 Å². The van der Waals surface area contributed by atoms with Crippen molar-refractivity contribution in [3.63, 3.8) is 0 Å². The lowest BCUT2D eigenvalue weighted by Gasteiger charge is -2.24. The number of nitrogens with zero attached hydrogens (tertiary/aromatic N) is 1. The van der Waals surface area contributed by atoms with Gasteiger partial charge in [0.25, 0.3) is 0 Å². The highest BCUT2D eigenvalue weighted by molar-refractivity contribution is 5.85. The van der Waals surface area contributed by atoms with Crippen LogP contribution in [-0.2, 0) is 11.3 Å². The van der Waals surface area contributed by atoms with Crippen LogP contribution >= 0.6 is 12.4 Å². The molecule has 0 aliphatic rings. The van der Waals surface area contributed by atoms with Crippen LogP contribution in [0.25, 0.3) is 0 Å². The van der Waals surface area contributed by atoms with Gasteiger partial charge >= 0.3 is 0 Å². The standard InChI is InChI=1S/C18H21FN2O.ClH/c1-3-21(12-14-5-4-6-16(19)11-14)18(22)17(20)15-9-7-13(2)8-10-15;/h4-11,17H,3,12,20H2,1-2H3;1H. The molecule has 2 rings (SSSR count). The Morgan fingerprint density at radius 3 is 2.43 bits per heavy atom. The maximum Gasteiger partial charge on any atom is 0.244 e. The quantitative estimate of drug-likeness (QED) is 0.906. The van der Waals surface area contributed by atoms with Crippen LogP contribution in [-0.4, -0.2) is 17.4 Å². The van der Waals surface area contributed by atoms with Gasteiger partial charge in [-0.05, 0) is 37.1 Å². The second-order valence-corrected chi connectivity index (χ2v) is 5.37. The molecule has 0 spiro atoms. The van der Waals surface area contributed by atoms with Gasteiger partial charge in [-0.3, -0.25) is 4.79 Å². The molecule has 0 radical (unpaired) electrons. The number of hydrogen-bond donors (Lipinski definition) is 1. The number of halogens is 2. The van der Waals surface area contributed by atoms with Crippen LogP contribution in [0.4, 0.5) is 4.39 Å². The summed E-state index contributed by atoms with van der Waals surface area (Å²) in [5, 5.41) is 0. The molecule has 0 heterocycles. The first kappa shape index (κ1) is 19.1. The van der Waals surface area contributed by atoms with E-state index in [4.69, 9.17) is 5.73 Å². The zero-order valence-electron chi connectivity index (χ0n) is 13.3. The van der Waals surface area contributed by atoms with Crippen molar-refractivity contribution in [2.75, 3.05) is 6.54 Å². The number of hydrogen-bond acceptors (Lipinski definition) is 2. The topological polar surface area (TPSA) is 46.3 Å². The van der Waals surface area contributed by atoms with Crippen molar-refractivity contribution in [2.45, 2.75) is 26.4 Å². The number of amides is 1. The van der Waals surface area contributed by atoms with E-state index < -0.39 is 6.04 Å². The second-order valence-electron chi connectivity index (χ2n) is 5.37. The van der Waals surface area contributed by atoms with Crippen molar-refractivity contribution in [3.05, 3.63) is 71.0 Å². The van der Waals surface area contributed by atoms with E-state index in [1.54, 1.807) is 17.0 Å². The van der Waals surface area contributed by atoms with Crippen LogP contribution in [0.3, 0.4) is 0 Å². The number of likely N-dealkylation sites (N-methyl/N-ethyl adjacent to an activating group) is 1. The highest BCUT2D eigenvalue weighted by atomic mass is 35.5. The average Bonchev–Trinajstić information content (AvgIpc) is 2.52. The SMILES string of the molecule is CCN(Cc1cccc(F)c1)C(=O)C(N)c1ccc(C)cc1.Cl. The average molecular weight is 337 g/mol. The van der Waals surface area contributed by atoms with Gasteiger partial charge in [-0.2, -0.15) is 0 Å². The van der Waals surface area contributed by atoms with Crippen LogP contribution < -0.4 is 5.73 Å². The van der Waals surface area contributed by atoms with Crippen molar-refractivity contribution in [2.24, 2.45) is 5.73 Å². The van der Waals surface area contributed by atoms with Crippen molar-refractivity contribution < 1.29 is 9.18 Å². The lowest BCUT2D eigenvalue weighted by atomic mass is 10.0. The summed E-state index contributed by atoms with van der Waals surface area (Å²) < 4.78 is 13.3. The predicted octanol–water partition coefficient (Wildman–Crippen LogP) is 3.60. The van der Waals surface area contributed by atoms with Crippen LogP contribution in [0.15, 0.2) is 48.5 Å². The zero-order chi connectivity index (χ0) is 16.1. The van der Waals surface area contributed by atoms with Crippen LogP contribution in [0.2, 0.25) is 0 Å². The molecule has 0 aromatic heterocycles. The Morgan fingerprint density at radius 1 is 1.22 bits per heavy atom. The van der Waals surface area contributed by atoms with Gasteiger partial charge in [0, 0.05) is 13.1 Å². The van der Waals surface area contributed by atoms with Crippen molar-refractivity contribution in [1.82, 2.24) is 4.90 Å². The van der Waals surface area contributed by atoms with E-state index in [0.29, 0.717) is 13.1 Å². The largest absolute Gasteiger partial charge is 0.337 e. The fourth-order valence-corrected chi connectivity index (χ4v) is 2.31. The summed E-state index contributed by atoms with van der Waals surface area (Å²) in [7, 11) is 0. The summed E-state index contributed by atoms with van der Waals surface area (Å²) in [6.45, 7) is 4.75. The first-order valence-electron chi connectivity index (χ1n) is 7.36. The Labute approximate surface area is 142 Å². The van der Waals surface area contributed by atoms with E-state index in [1.807, 2.05) is 38.1 Å². The molecule has 1 amide bonds. The molecule has 0 aliphatic heterocycles. The molecule has 2 aromatic rings. The smallest absolute Gasteiger partial charge is 0.244 e. The molecule has 124 valence electrons. The number of carbonyl (C=O) groups excluding carboxylic acids is 1. The fraction of sp³-hybridized carbons (Fsp3) is 0.278. The molecule has 1 atom stereocenters. The van der Waals surface area contributed by atoms with E-state index in [9.17, 15) is 9.18 Å². The normalized spacial score (nSPS) is 11.5. The van der Waals surface area contributed by atoms with Crippen LogP contribution in [0.5, 0.6) is 0 Å². The summed E-state index contributed by atoms with van der Waals surface area (Å²) in [5.74, 6) is -0.459. The highest BCUT2D eigenvalue weighted by Crippen LogP contribution is 2.16. The van der Waals surface area contributed by atoms with E-state index in [-0.39, 0.29) is 24.1 Å². The minimum absolute atomic E-state index is 0. The molecule has 5 heteroatoms. The molecule has 0 saturated heterocycles.